The second-order valence-corrected chi connectivity index (χ2v) is 7.13. The van der Waals surface area contributed by atoms with Gasteiger partial charge >= 0.3 is 0 Å². The Bertz CT molecular complexity index is 987. The summed E-state index contributed by atoms with van der Waals surface area (Å²) in [6.45, 7) is 0.660. The van der Waals surface area contributed by atoms with Crippen LogP contribution in [0, 0.1) is 0 Å². The van der Waals surface area contributed by atoms with Gasteiger partial charge in [-0.3, -0.25) is 4.79 Å². The molecular weight excluding hydrogens is 383 g/mol. The Morgan fingerprint density at radius 2 is 1.81 bits per heavy atom. The Morgan fingerprint density at radius 1 is 1.04 bits per heavy atom. The predicted molar refractivity (Wildman–Crippen MR) is 107 cm³/mol. The van der Waals surface area contributed by atoms with E-state index in [0.717, 1.165) is 18.5 Å². The molecule has 2 aromatic carbocycles. The zero-order valence-electron chi connectivity index (χ0n) is 14.4. The number of amides is 1. The van der Waals surface area contributed by atoms with Crippen LogP contribution in [0.15, 0.2) is 60.8 Å². The number of hydrogen-bond acceptors (Lipinski definition) is 3. The highest BCUT2D eigenvalue weighted by Crippen LogP contribution is 2.32. The lowest BCUT2D eigenvalue weighted by Crippen LogP contribution is -2.35. The number of carbonyl (C=O) groups is 1. The van der Waals surface area contributed by atoms with Crippen molar-refractivity contribution in [3.8, 4) is 11.6 Å². The van der Waals surface area contributed by atoms with E-state index in [-0.39, 0.29) is 11.8 Å². The zero-order chi connectivity index (χ0) is 18.8. The SMILES string of the molecule is O=C(c1cccnc1Oc1cc(Cl)cc(Cl)c1)N1CCCc2ccccc21. The average molecular weight is 399 g/mol. The minimum atomic E-state index is -0.140. The van der Waals surface area contributed by atoms with Crippen molar-refractivity contribution < 1.29 is 9.53 Å². The lowest BCUT2D eigenvalue weighted by atomic mass is 10.0. The predicted octanol–water partition coefficient (Wildman–Crippen LogP) is 5.77. The summed E-state index contributed by atoms with van der Waals surface area (Å²) in [5.74, 6) is 0.515. The number of fused-ring (bicyclic) bond motifs is 1. The third-order valence-corrected chi connectivity index (χ3v) is 4.84. The minimum absolute atomic E-state index is 0.140. The highest BCUT2D eigenvalue weighted by Gasteiger charge is 2.26. The highest BCUT2D eigenvalue weighted by molar-refractivity contribution is 6.34. The third-order valence-electron chi connectivity index (χ3n) is 4.41. The Labute approximate surface area is 167 Å². The Hall–Kier alpha value is -2.56. The molecule has 2 heterocycles. The fraction of sp³-hybridized carbons (Fsp3) is 0.143. The van der Waals surface area contributed by atoms with E-state index in [1.807, 2.05) is 18.2 Å². The van der Waals surface area contributed by atoms with E-state index in [9.17, 15) is 4.79 Å². The van der Waals surface area contributed by atoms with Crippen molar-refractivity contribution in [2.75, 3.05) is 11.4 Å². The molecule has 0 atom stereocenters. The monoisotopic (exact) mass is 398 g/mol. The first-order chi connectivity index (χ1) is 13.1. The van der Waals surface area contributed by atoms with Crippen LogP contribution >= 0.6 is 23.2 Å². The number of aryl methyl sites for hydroxylation is 1. The summed E-state index contributed by atoms with van der Waals surface area (Å²) >= 11 is 12.1. The van der Waals surface area contributed by atoms with Crippen LogP contribution < -0.4 is 9.64 Å². The molecule has 0 aliphatic carbocycles. The Balaban J connectivity index is 1.68. The average Bonchev–Trinajstić information content (AvgIpc) is 2.67. The van der Waals surface area contributed by atoms with Crippen molar-refractivity contribution in [2.24, 2.45) is 0 Å². The first-order valence-corrected chi connectivity index (χ1v) is 9.36. The fourth-order valence-electron chi connectivity index (χ4n) is 3.22. The number of benzene rings is 2. The molecule has 4 nitrogen and oxygen atoms in total. The van der Waals surface area contributed by atoms with E-state index < -0.39 is 0 Å². The topological polar surface area (TPSA) is 42.4 Å². The lowest BCUT2D eigenvalue weighted by Gasteiger charge is -2.29. The molecule has 1 amide bonds. The third kappa shape index (κ3) is 3.77. The van der Waals surface area contributed by atoms with Gasteiger partial charge in [0, 0.05) is 28.5 Å². The van der Waals surface area contributed by atoms with Gasteiger partial charge in [0.05, 0.1) is 0 Å². The second-order valence-electron chi connectivity index (χ2n) is 6.25. The molecule has 136 valence electrons. The van der Waals surface area contributed by atoms with Crippen LogP contribution in [0.3, 0.4) is 0 Å². The molecule has 6 heteroatoms. The summed E-state index contributed by atoms with van der Waals surface area (Å²) in [6, 6.07) is 16.3. The zero-order valence-corrected chi connectivity index (χ0v) is 15.9. The number of anilines is 1. The van der Waals surface area contributed by atoms with Crippen molar-refractivity contribution >= 4 is 34.8 Å². The highest BCUT2D eigenvalue weighted by atomic mass is 35.5. The summed E-state index contributed by atoms with van der Waals surface area (Å²) < 4.78 is 5.84. The first kappa shape index (κ1) is 17.8. The number of rotatable bonds is 3. The quantitative estimate of drug-likeness (QED) is 0.561. The Morgan fingerprint density at radius 3 is 2.63 bits per heavy atom. The van der Waals surface area contributed by atoms with Gasteiger partial charge < -0.3 is 9.64 Å². The molecule has 0 N–H and O–H groups in total. The van der Waals surface area contributed by atoms with E-state index in [1.54, 1.807) is 41.4 Å². The maximum atomic E-state index is 13.3. The molecule has 0 fully saturated rings. The van der Waals surface area contributed by atoms with E-state index in [4.69, 9.17) is 27.9 Å². The van der Waals surface area contributed by atoms with Crippen molar-refractivity contribution in [2.45, 2.75) is 12.8 Å². The van der Waals surface area contributed by atoms with Crippen molar-refractivity contribution in [3.05, 3.63) is 82.0 Å². The normalized spacial score (nSPS) is 13.2. The van der Waals surface area contributed by atoms with Crippen LogP contribution in [0.2, 0.25) is 10.0 Å². The molecule has 0 bridgehead atoms. The van der Waals surface area contributed by atoms with Gasteiger partial charge in [-0.2, -0.15) is 0 Å². The summed E-state index contributed by atoms with van der Waals surface area (Å²) in [5.41, 5.74) is 2.50. The van der Waals surface area contributed by atoms with E-state index in [0.29, 0.717) is 27.9 Å². The van der Waals surface area contributed by atoms with E-state index in [1.165, 1.54) is 5.56 Å². The molecular formula is C21H16Cl2N2O2. The number of nitrogens with zero attached hydrogens (tertiary/aromatic N) is 2. The second kappa shape index (κ2) is 7.59. The molecule has 0 unspecified atom stereocenters. The van der Waals surface area contributed by atoms with Crippen molar-refractivity contribution in [3.63, 3.8) is 0 Å². The van der Waals surface area contributed by atoms with Gasteiger partial charge in [-0.25, -0.2) is 4.98 Å². The van der Waals surface area contributed by atoms with Crippen molar-refractivity contribution in [1.82, 2.24) is 4.98 Å². The number of pyridine rings is 1. The molecule has 1 aromatic heterocycles. The summed E-state index contributed by atoms with van der Waals surface area (Å²) in [7, 11) is 0. The number of carbonyl (C=O) groups excluding carboxylic acids is 1. The summed E-state index contributed by atoms with van der Waals surface area (Å²) in [4.78, 5) is 19.3. The van der Waals surface area contributed by atoms with E-state index >= 15 is 0 Å². The molecule has 1 aliphatic heterocycles. The fourth-order valence-corrected chi connectivity index (χ4v) is 3.73. The van der Waals surface area contributed by atoms with Crippen LogP contribution in [0.4, 0.5) is 5.69 Å². The van der Waals surface area contributed by atoms with Gasteiger partial charge in [-0.15, -0.1) is 0 Å². The van der Waals surface area contributed by atoms with Gasteiger partial charge in [-0.05, 0) is 54.8 Å². The van der Waals surface area contributed by atoms with Gasteiger partial charge in [0.1, 0.15) is 11.3 Å². The van der Waals surface area contributed by atoms with Gasteiger partial charge in [-0.1, -0.05) is 41.4 Å². The van der Waals surface area contributed by atoms with E-state index in [2.05, 4.69) is 11.1 Å². The summed E-state index contributed by atoms with van der Waals surface area (Å²) in [5, 5.41) is 0.900. The molecule has 0 saturated carbocycles. The van der Waals surface area contributed by atoms with Crippen LogP contribution in [-0.2, 0) is 6.42 Å². The van der Waals surface area contributed by atoms with Crippen LogP contribution in [0.25, 0.3) is 0 Å². The number of hydrogen-bond donors (Lipinski definition) is 0. The molecule has 27 heavy (non-hydrogen) atoms. The molecule has 4 rings (SSSR count). The molecule has 0 radical (unpaired) electrons. The van der Waals surface area contributed by atoms with Crippen LogP contribution in [-0.4, -0.2) is 17.4 Å². The molecule has 0 saturated heterocycles. The molecule has 1 aliphatic rings. The smallest absolute Gasteiger partial charge is 0.263 e. The molecule has 3 aromatic rings. The largest absolute Gasteiger partial charge is 0.438 e. The maximum absolute atomic E-state index is 13.3. The number of ether oxygens (including phenoxy) is 1. The molecule has 0 spiro atoms. The van der Waals surface area contributed by atoms with Gasteiger partial charge in [0.15, 0.2) is 0 Å². The standard InChI is InChI=1S/C21H16Cl2N2O2/c22-15-11-16(23)13-17(12-15)27-20-18(7-3-9-24-20)21(26)25-10-4-6-14-5-1-2-8-19(14)25/h1-3,5,7-9,11-13H,4,6,10H2. The van der Waals surface area contributed by atoms with Gasteiger partial charge in [0.2, 0.25) is 5.88 Å². The van der Waals surface area contributed by atoms with Crippen LogP contribution in [0.5, 0.6) is 11.6 Å². The first-order valence-electron chi connectivity index (χ1n) is 8.60. The summed E-state index contributed by atoms with van der Waals surface area (Å²) in [6.07, 6.45) is 3.48. The number of para-hydroxylation sites is 1. The van der Waals surface area contributed by atoms with Crippen LogP contribution in [0.1, 0.15) is 22.3 Å². The lowest BCUT2D eigenvalue weighted by molar-refractivity contribution is 0.0982. The maximum Gasteiger partial charge on any atom is 0.263 e. The van der Waals surface area contributed by atoms with Crippen molar-refractivity contribution in [1.29, 1.82) is 0 Å². The minimum Gasteiger partial charge on any atom is -0.438 e. The number of halogens is 2. The Kier molecular flexibility index (Phi) is 5.01. The van der Waals surface area contributed by atoms with Gasteiger partial charge in [0.25, 0.3) is 5.91 Å². The number of aromatic nitrogens is 1.